The third kappa shape index (κ3) is 2.43. The molecule has 0 aromatic carbocycles. The van der Waals surface area contributed by atoms with Gasteiger partial charge < -0.3 is 15.8 Å². The number of hydrogen-bond acceptors (Lipinski definition) is 5. The molecule has 13 heavy (non-hydrogen) atoms. The van der Waals surface area contributed by atoms with Crippen molar-refractivity contribution in [2.75, 3.05) is 25.5 Å². The van der Waals surface area contributed by atoms with Crippen LogP contribution >= 0.6 is 11.6 Å². The Bertz CT molecular complexity index is 281. The molecule has 0 saturated carbocycles. The number of halogens is 1. The molecule has 1 rings (SSSR count). The first kappa shape index (κ1) is 10.0. The van der Waals surface area contributed by atoms with Crippen LogP contribution in [-0.2, 0) is 0 Å². The van der Waals surface area contributed by atoms with Crippen molar-refractivity contribution in [3.63, 3.8) is 0 Å². The molecule has 0 amide bonds. The molecule has 0 radical (unpaired) electrons. The smallest absolute Gasteiger partial charge is 0.198 e. The lowest BCUT2D eigenvalue weighted by molar-refractivity contribution is 0.413. The molecular formula is C7H11ClN4O. The highest BCUT2D eigenvalue weighted by Gasteiger charge is 2.08. The summed E-state index contributed by atoms with van der Waals surface area (Å²) in [6.45, 7) is 1.13. The van der Waals surface area contributed by atoms with Crippen LogP contribution in [0.1, 0.15) is 0 Å². The van der Waals surface area contributed by atoms with E-state index in [1.807, 2.05) is 0 Å². The minimum absolute atomic E-state index is 0.289. The van der Waals surface area contributed by atoms with Gasteiger partial charge in [0, 0.05) is 13.1 Å². The quantitative estimate of drug-likeness (QED) is 0.696. The first-order valence-corrected chi connectivity index (χ1v) is 4.15. The Morgan fingerprint density at radius 3 is 3.00 bits per heavy atom. The van der Waals surface area contributed by atoms with Gasteiger partial charge >= 0.3 is 0 Å². The Morgan fingerprint density at radius 1 is 1.62 bits per heavy atom. The molecular weight excluding hydrogens is 192 g/mol. The van der Waals surface area contributed by atoms with Gasteiger partial charge in [-0.3, -0.25) is 0 Å². The van der Waals surface area contributed by atoms with Crippen molar-refractivity contribution in [2.24, 2.45) is 5.73 Å². The van der Waals surface area contributed by atoms with Gasteiger partial charge in [-0.25, -0.2) is 9.97 Å². The Balaban J connectivity index is 2.85. The van der Waals surface area contributed by atoms with E-state index in [-0.39, 0.29) is 5.15 Å². The number of aromatic nitrogens is 2. The predicted octanol–water partition coefficient (Wildman–Crippen LogP) is 0.509. The van der Waals surface area contributed by atoms with Crippen molar-refractivity contribution in [3.05, 3.63) is 11.5 Å². The zero-order chi connectivity index (χ0) is 9.68. The van der Waals surface area contributed by atoms with E-state index in [1.54, 1.807) is 0 Å². The van der Waals surface area contributed by atoms with Gasteiger partial charge in [0.2, 0.25) is 0 Å². The Labute approximate surface area is 81.3 Å². The Kier molecular flexibility index (Phi) is 3.72. The van der Waals surface area contributed by atoms with Crippen LogP contribution in [-0.4, -0.2) is 30.2 Å². The highest BCUT2D eigenvalue weighted by atomic mass is 35.5. The van der Waals surface area contributed by atoms with E-state index in [4.69, 9.17) is 22.1 Å². The fourth-order valence-electron chi connectivity index (χ4n) is 0.850. The lowest BCUT2D eigenvalue weighted by atomic mass is 10.5. The van der Waals surface area contributed by atoms with Gasteiger partial charge in [-0.05, 0) is 0 Å². The highest BCUT2D eigenvalue weighted by Crippen LogP contribution is 2.27. The summed E-state index contributed by atoms with van der Waals surface area (Å²) in [6, 6.07) is 0. The second kappa shape index (κ2) is 4.84. The third-order valence-corrected chi connectivity index (χ3v) is 1.67. The maximum Gasteiger partial charge on any atom is 0.198 e. The Hall–Kier alpha value is -1.07. The number of nitrogens with zero attached hydrogens (tertiary/aromatic N) is 2. The van der Waals surface area contributed by atoms with Gasteiger partial charge in [-0.1, -0.05) is 11.6 Å². The van der Waals surface area contributed by atoms with Crippen LogP contribution < -0.4 is 15.8 Å². The second-order valence-electron chi connectivity index (χ2n) is 2.26. The van der Waals surface area contributed by atoms with E-state index in [0.29, 0.717) is 24.7 Å². The van der Waals surface area contributed by atoms with E-state index in [0.717, 1.165) is 0 Å². The molecule has 72 valence electrons. The largest absolute Gasteiger partial charge is 0.490 e. The Morgan fingerprint density at radius 2 is 2.38 bits per heavy atom. The van der Waals surface area contributed by atoms with E-state index in [2.05, 4.69) is 15.3 Å². The molecule has 1 heterocycles. The summed E-state index contributed by atoms with van der Waals surface area (Å²) in [5.41, 5.74) is 5.33. The van der Waals surface area contributed by atoms with Crippen LogP contribution in [0.15, 0.2) is 6.33 Å². The number of hydrogen-bond donors (Lipinski definition) is 2. The number of nitrogens with two attached hydrogens (primary N) is 1. The molecule has 6 heteroatoms. The molecule has 0 aliphatic heterocycles. The zero-order valence-corrected chi connectivity index (χ0v) is 8.01. The lowest BCUT2D eigenvalue weighted by Gasteiger charge is -2.08. The molecule has 3 N–H and O–H groups in total. The number of ether oxygens (including phenoxy) is 1. The van der Waals surface area contributed by atoms with Gasteiger partial charge in [0.1, 0.15) is 6.33 Å². The summed E-state index contributed by atoms with van der Waals surface area (Å²) < 4.78 is 5.01. The lowest BCUT2D eigenvalue weighted by Crippen LogP contribution is -2.14. The van der Waals surface area contributed by atoms with Gasteiger partial charge in [0.15, 0.2) is 16.7 Å². The van der Waals surface area contributed by atoms with Gasteiger partial charge in [-0.15, -0.1) is 0 Å². The maximum absolute atomic E-state index is 5.76. The molecule has 0 spiro atoms. The molecule has 5 nitrogen and oxygen atoms in total. The summed E-state index contributed by atoms with van der Waals surface area (Å²) in [4.78, 5) is 7.74. The number of anilines is 1. The summed E-state index contributed by atoms with van der Waals surface area (Å²) in [6.07, 6.45) is 1.36. The molecule has 0 saturated heterocycles. The van der Waals surface area contributed by atoms with Crippen LogP contribution in [0.25, 0.3) is 0 Å². The van der Waals surface area contributed by atoms with E-state index >= 15 is 0 Å². The summed E-state index contributed by atoms with van der Waals surface area (Å²) in [5.74, 6) is 1.01. The number of rotatable bonds is 4. The number of methoxy groups -OCH3 is 1. The molecule has 0 aliphatic carbocycles. The van der Waals surface area contributed by atoms with E-state index in [1.165, 1.54) is 13.4 Å². The fraction of sp³-hybridized carbons (Fsp3) is 0.429. The first-order valence-electron chi connectivity index (χ1n) is 3.78. The highest BCUT2D eigenvalue weighted by molar-refractivity contribution is 6.31. The average Bonchev–Trinajstić information content (AvgIpc) is 2.15. The summed E-state index contributed by atoms with van der Waals surface area (Å²) >= 11 is 5.76. The van der Waals surface area contributed by atoms with Crippen molar-refractivity contribution in [2.45, 2.75) is 0 Å². The van der Waals surface area contributed by atoms with E-state index < -0.39 is 0 Å². The van der Waals surface area contributed by atoms with Crippen LogP contribution in [0.3, 0.4) is 0 Å². The van der Waals surface area contributed by atoms with Crippen LogP contribution in [0, 0.1) is 0 Å². The van der Waals surface area contributed by atoms with Crippen molar-refractivity contribution in [1.29, 1.82) is 0 Å². The summed E-state index contributed by atoms with van der Waals surface area (Å²) in [7, 11) is 1.51. The van der Waals surface area contributed by atoms with Gasteiger partial charge in [0.25, 0.3) is 0 Å². The van der Waals surface area contributed by atoms with E-state index in [9.17, 15) is 0 Å². The van der Waals surface area contributed by atoms with Gasteiger partial charge in [0.05, 0.1) is 7.11 Å². The maximum atomic E-state index is 5.76. The molecule has 0 bridgehead atoms. The van der Waals surface area contributed by atoms with Crippen molar-refractivity contribution < 1.29 is 4.74 Å². The molecule has 0 unspecified atom stereocenters. The molecule has 1 aromatic rings. The third-order valence-electron chi connectivity index (χ3n) is 1.40. The standard InChI is InChI=1S/C7H11ClN4O/c1-13-5-6(8)11-4-12-7(5)10-3-2-9/h4H,2-3,9H2,1H3,(H,10,11,12). The molecule has 0 aliphatic rings. The van der Waals surface area contributed by atoms with Crippen molar-refractivity contribution in [3.8, 4) is 5.75 Å². The zero-order valence-electron chi connectivity index (χ0n) is 7.25. The van der Waals surface area contributed by atoms with Gasteiger partial charge in [-0.2, -0.15) is 0 Å². The predicted molar refractivity (Wildman–Crippen MR) is 51.1 cm³/mol. The van der Waals surface area contributed by atoms with Crippen molar-refractivity contribution in [1.82, 2.24) is 9.97 Å². The van der Waals surface area contributed by atoms with Crippen LogP contribution in [0.2, 0.25) is 5.15 Å². The van der Waals surface area contributed by atoms with Crippen LogP contribution in [0.5, 0.6) is 5.75 Å². The minimum Gasteiger partial charge on any atom is -0.490 e. The monoisotopic (exact) mass is 202 g/mol. The molecule has 0 fully saturated rings. The van der Waals surface area contributed by atoms with Crippen molar-refractivity contribution >= 4 is 17.4 Å². The average molecular weight is 203 g/mol. The normalized spacial score (nSPS) is 9.77. The summed E-state index contributed by atoms with van der Waals surface area (Å²) in [5, 5.41) is 3.26. The molecule has 0 atom stereocenters. The topological polar surface area (TPSA) is 73.1 Å². The second-order valence-corrected chi connectivity index (χ2v) is 2.62. The fourth-order valence-corrected chi connectivity index (χ4v) is 1.06. The SMILES string of the molecule is COc1c(Cl)ncnc1NCCN. The minimum atomic E-state index is 0.289. The van der Waals surface area contributed by atoms with Crippen LogP contribution in [0.4, 0.5) is 5.82 Å². The molecule has 1 aromatic heterocycles. The number of nitrogens with one attached hydrogen (secondary N) is 1. The first-order chi connectivity index (χ1) is 6.29.